The lowest BCUT2D eigenvalue weighted by Gasteiger charge is -2.42. The van der Waals surface area contributed by atoms with Crippen LogP contribution >= 0.6 is 11.6 Å². The highest BCUT2D eigenvalue weighted by atomic mass is 35.5. The Kier molecular flexibility index (Phi) is 11.2. The van der Waals surface area contributed by atoms with Crippen LogP contribution in [-0.2, 0) is 28.8 Å². The van der Waals surface area contributed by atoms with Gasteiger partial charge in [-0.05, 0) is 80.4 Å². The number of nitrogens with one attached hydrogen (secondary N) is 2. The molecule has 2 aromatic carbocycles. The molecule has 0 aromatic heterocycles. The number of urea groups is 1. The maximum absolute atomic E-state index is 14.1. The van der Waals surface area contributed by atoms with E-state index >= 15 is 0 Å². The van der Waals surface area contributed by atoms with E-state index in [2.05, 4.69) is 21.6 Å². The normalized spacial score (nSPS) is 22.0. The number of aryl methyl sites for hydroxylation is 1. The highest BCUT2D eigenvalue weighted by Crippen LogP contribution is 2.28. The van der Waals surface area contributed by atoms with E-state index in [1.165, 1.54) is 0 Å². The van der Waals surface area contributed by atoms with Crippen LogP contribution < -0.4 is 16.4 Å². The first-order valence-electron chi connectivity index (χ1n) is 17.3. The Morgan fingerprint density at radius 1 is 1.02 bits per heavy atom. The number of amides is 3. The molecule has 4 heterocycles. The lowest BCUT2D eigenvalue weighted by molar-refractivity contribution is -0.225. The molecule has 12 heteroatoms. The number of fused-ring (bicyclic) bond motifs is 1. The molecule has 0 aliphatic carbocycles. The molecule has 3 fully saturated rings. The summed E-state index contributed by atoms with van der Waals surface area (Å²) in [4.78, 5) is 35.4. The van der Waals surface area contributed by atoms with Crippen molar-refractivity contribution in [3.8, 4) is 0 Å². The van der Waals surface area contributed by atoms with Crippen molar-refractivity contribution in [1.29, 1.82) is 0 Å². The number of carbonyl (C=O) groups is 2. The molecule has 0 bridgehead atoms. The fourth-order valence-electron chi connectivity index (χ4n) is 7.63. The Labute approximate surface area is 283 Å². The third-order valence-corrected chi connectivity index (χ3v) is 10.8. The first-order chi connectivity index (χ1) is 22.8. The number of carbonyl (C=O) groups excluding carboxylic acids is 2. The molecule has 1 unspecified atom stereocenters. The molecule has 2 atom stereocenters. The number of halogens is 1. The summed E-state index contributed by atoms with van der Waals surface area (Å²) in [5.74, 6) is -0.115. The predicted octanol–water partition coefficient (Wildman–Crippen LogP) is 3.14. The second kappa shape index (κ2) is 15.5. The van der Waals surface area contributed by atoms with Crippen LogP contribution in [0.4, 0.5) is 16.2 Å². The minimum atomic E-state index is -1.25. The van der Waals surface area contributed by atoms with Crippen LogP contribution in [0.5, 0.6) is 0 Å². The summed E-state index contributed by atoms with van der Waals surface area (Å²) < 4.78 is 6.26. The Balaban J connectivity index is 1.09. The molecule has 256 valence electrons. The number of likely N-dealkylation sites (tertiary alicyclic amines) is 1. The van der Waals surface area contributed by atoms with E-state index in [0.717, 1.165) is 74.2 Å². The maximum atomic E-state index is 14.1. The van der Waals surface area contributed by atoms with Gasteiger partial charge in [-0.3, -0.25) is 14.6 Å². The lowest BCUT2D eigenvalue weighted by Crippen LogP contribution is -2.57. The summed E-state index contributed by atoms with van der Waals surface area (Å²) in [6.07, 6.45) is 3.34. The Bertz CT molecular complexity index is 1390. The molecule has 0 spiro atoms. The summed E-state index contributed by atoms with van der Waals surface area (Å²) in [6, 6.07) is 12.3. The van der Waals surface area contributed by atoms with Crippen molar-refractivity contribution in [1.82, 2.24) is 24.9 Å². The average Bonchev–Trinajstić information content (AvgIpc) is 3.27. The summed E-state index contributed by atoms with van der Waals surface area (Å²) >= 11 is 6.49. The van der Waals surface area contributed by atoms with Gasteiger partial charge in [-0.2, -0.15) is 0 Å². The molecular weight excluding hydrogens is 618 g/mol. The van der Waals surface area contributed by atoms with Gasteiger partial charge in [0.05, 0.1) is 10.7 Å². The monoisotopic (exact) mass is 667 g/mol. The minimum Gasteiger partial charge on any atom is -0.397 e. The van der Waals surface area contributed by atoms with Crippen molar-refractivity contribution >= 4 is 34.9 Å². The van der Waals surface area contributed by atoms with Crippen molar-refractivity contribution in [3.63, 3.8) is 0 Å². The van der Waals surface area contributed by atoms with E-state index in [1.807, 2.05) is 45.9 Å². The van der Waals surface area contributed by atoms with Gasteiger partial charge in [-0.15, -0.1) is 0 Å². The number of piperidine rings is 2. The summed E-state index contributed by atoms with van der Waals surface area (Å²) in [6.45, 7) is 8.79. The van der Waals surface area contributed by atoms with Gasteiger partial charge in [-0.1, -0.05) is 42.8 Å². The average molecular weight is 668 g/mol. The number of anilines is 2. The highest BCUT2D eigenvalue weighted by Gasteiger charge is 2.36. The molecule has 0 saturated carbocycles. The van der Waals surface area contributed by atoms with Crippen LogP contribution in [-0.4, -0.2) is 120 Å². The van der Waals surface area contributed by atoms with Gasteiger partial charge in [0.25, 0.3) is 5.91 Å². The number of ether oxygens (including phenoxy) is 1. The van der Waals surface area contributed by atoms with E-state index in [0.29, 0.717) is 62.3 Å². The molecule has 4 aliphatic rings. The number of hydrogen-bond donors (Lipinski definition) is 4. The van der Waals surface area contributed by atoms with Gasteiger partial charge >= 0.3 is 6.03 Å². The zero-order valence-electron chi connectivity index (χ0n) is 27.5. The number of para-hydroxylation sites is 1. The number of aliphatic hydroxyl groups excluding tert-OH is 1. The van der Waals surface area contributed by atoms with Crippen molar-refractivity contribution in [2.24, 2.45) is 0 Å². The number of nitrogen functional groups attached to an aromatic ring is 1. The molecule has 2 aromatic rings. The molecule has 47 heavy (non-hydrogen) atoms. The van der Waals surface area contributed by atoms with Gasteiger partial charge in [0.2, 0.25) is 6.41 Å². The number of aliphatic hydroxyl groups is 1. The quantitative estimate of drug-likeness (QED) is 0.238. The van der Waals surface area contributed by atoms with E-state index in [9.17, 15) is 14.7 Å². The van der Waals surface area contributed by atoms with Gasteiger partial charge < -0.3 is 36.0 Å². The number of hydrogen-bond acceptors (Lipinski definition) is 8. The third-order valence-electron chi connectivity index (χ3n) is 10.5. The second-order valence-corrected chi connectivity index (χ2v) is 13.7. The zero-order valence-corrected chi connectivity index (χ0v) is 28.3. The van der Waals surface area contributed by atoms with Gasteiger partial charge in [0, 0.05) is 70.0 Å². The molecule has 6 rings (SSSR count). The number of benzene rings is 2. The summed E-state index contributed by atoms with van der Waals surface area (Å²) in [5.41, 5.74) is 10.6. The number of piperazine rings is 1. The van der Waals surface area contributed by atoms with Crippen LogP contribution in [0.25, 0.3) is 0 Å². The molecule has 3 amide bonds. The number of rotatable bonds is 9. The van der Waals surface area contributed by atoms with Crippen molar-refractivity contribution in [2.45, 2.75) is 76.5 Å². The first-order valence-corrected chi connectivity index (χ1v) is 17.7. The van der Waals surface area contributed by atoms with Crippen LogP contribution in [0.15, 0.2) is 36.4 Å². The lowest BCUT2D eigenvalue weighted by atomic mass is 10.0. The van der Waals surface area contributed by atoms with E-state index < -0.39 is 12.5 Å². The van der Waals surface area contributed by atoms with E-state index in [1.54, 1.807) is 6.07 Å². The van der Waals surface area contributed by atoms with Gasteiger partial charge in [0.1, 0.15) is 6.10 Å². The molecule has 4 aliphatic heterocycles. The highest BCUT2D eigenvalue weighted by molar-refractivity contribution is 6.33. The molecule has 3 saturated heterocycles. The largest absolute Gasteiger partial charge is 0.397 e. The topological polar surface area (TPSA) is 127 Å². The first kappa shape index (κ1) is 34.0. The maximum Gasteiger partial charge on any atom is 0.322 e. The van der Waals surface area contributed by atoms with Gasteiger partial charge in [-0.25, -0.2) is 4.79 Å². The van der Waals surface area contributed by atoms with Crippen molar-refractivity contribution in [2.75, 3.05) is 70.0 Å². The van der Waals surface area contributed by atoms with Crippen LogP contribution in [0.3, 0.4) is 0 Å². The number of nitrogens with two attached hydrogens (primary N) is 1. The summed E-state index contributed by atoms with van der Waals surface area (Å²) in [7, 11) is 0. The Hall–Kier alpha value is -2.93. The minimum absolute atomic E-state index is 0.0609. The molecular formula is C35H50ClN7O4. The molecule has 11 nitrogen and oxygen atoms in total. The van der Waals surface area contributed by atoms with Gasteiger partial charge in [0.15, 0.2) is 0 Å². The Morgan fingerprint density at radius 2 is 1.74 bits per heavy atom. The van der Waals surface area contributed by atoms with Crippen molar-refractivity contribution < 1.29 is 19.4 Å². The SMILES string of the molecule is CCc1cc(C[C@@H](OC(O)N2CCC(N3CCc4ccccc4NC3=O)CC2)C(=O)N2CCN(C3CCNCC3)CC2)cc(Cl)c1N. The van der Waals surface area contributed by atoms with E-state index in [-0.39, 0.29) is 24.4 Å². The Morgan fingerprint density at radius 3 is 2.47 bits per heavy atom. The third kappa shape index (κ3) is 8.04. The fourth-order valence-corrected chi connectivity index (χ4v) is 7.89. The smallest absolute Gasteiger partial charge is 0.322 e. The fraction of sp³-hybridized carbons (Fsp3) is 0.600. The van der Waals surface area contributed by atoms with Crippen molar-refractivity contribution in [3.05, 3.63) is 58.1 Å². The predicted molar refractivity (Wildman–Crippen MR) is 184 cm³/mol. The standard InChI is InChI=1S/C35H50ClN7O4/c1-2-25-21-24(22-29(36)32(25)37)23-31(33(44)41-19-17-40(18-20-41)27-7-12-38-13-8-27)47-35(46)42-14-10-28(11-15-42)43-16-9-26-5-3-4-6-30(26)39-34(43)45/h3-6,21-22,27-28,31,35,38,46H,2,7-20,23,37H2,1H3,(H,39,45)/t31-,35?/m1/s1. The molecule has 0 radical (unpaired) electrons. The van der Waals surface area contributed by atoms with Crippen LogP contribution in [0.1, 0.15) is 49.3 Å². The molecule has 5 N–H and O–H groups in total. The summed E-state index contributed by atoms with van der Waals surface area (Å²) in [5, 5.41) is 18.3. The number of nitrogens with zero attached hydrogens (tertiary/aromatic N) is 4. The van der Waals surface area contributed by atoms with Crippen LogP contribution in [0, 0.1) is 0 Å². The van der Waals surface area contributed by atoms with Crippen LogP contribution in [0.2, 0.25) is 5.02 Å². The zero-order chi connectivity index (χ0) is 32.9. The van der Waals surface area contributed by atoms with E-state index in [4.69, 9.17) is 22.1 Å². The second-order valence-electron chi connectivity index (χ2n) is 13.3.